The van der Waals surface area contributed by atoms with Gasteiger partial charge in [0.15, 0.2) is 11.6 Å². The van der Waals surface area contributed by atoms with Crippen LogP contribution in [0, 0.1) is 11.6 Å². The van der Waals surface area contributed by atoms with Gasteiger partial charge in [-0.1, -0.05) is 0 Å². The Hall–Kier alpha value is -1.20. The molecule has 3 nitrogen and oxygen atoms in total. The van der Waals surface area contributed by atoms with E-state index < -0.39 is 11.6 Å². The van der Waals surface area contributed by atoms with Crippen molar-refractivity contribution in [2.75, 3.05) is 7.11 Å². The van der Waals surface area contributed by atoms with Gasteiger partial charge in [0, 0.05) is 18.2 Å². The summed E-state index contributed by atoms with van der Waals surface area (Å²) in [5.74, 6) is 3.48. The zero-order valence-electron chi connectivity index (χ0n) is 7.10. The first-order valence-corrected chi connectivity index (χ1v) is 3.64. The molecule has 1 aromatic carbocycles. The Morgan fingerprint density at radius 1 is 1.38 bits per heavy atom. The number of hydrazine groups is 1. The van der Waals surface area contributed by atoms with Crippen LogP contribution in [0.5, 0.6) is 5.75 Å². The van der Waals surface area contributed by atoms with Crippen molar-refractivity contribution in [3.05, 3.63) is 29.3 Å². The van der Waals surface area contributed by atoms with Crippen LogP contribution in [0.3, 0.4) is 0 Å². The molecule has 0 aliphatic rings. The summed E-state index contributed by atoms with van der Waals surface area (Å²) in [6, 6.07) is 2.04. The Morgan fingerprint density at radius 2 is 2.00 bits per heavy atom. The molecule has 0 heterocycles. The molecule has 0 saturated heterocycles. The van der Waals surface area contributed by atoms with E-state index >= 15 is 0 Å². The normalized spacial score (nSPS) is 10.2. The molecule has 0 amide bonds. The highest BCUT2D eigenvalue weighted by Crippen LogP contribution is 2.21. The number of methoxy groups -OCH3 is 1. The van der Waals surface area contributed by atoms with E-state index in [1.807, 2.05) is 0 Å². The molecule has 0 aliphatic carbocycles. The molecule has 0 spiro atoms. The molecular weight excluding hydrogens is 178 g/mol. The molecule has 0 fully saturated rings. The van der Waals surface area contributed by atoms with E-state index in [1.165, 1.54) is 7.11 Å². The minimum atomic E-state index is -0.933. The van der Waals surface area contributed by atoms with Crippen LogP contribution in [0.25, 0.3) is 0 Å². The van der Waals surface area contributed by atoms with Crippen LogP contribution in [0.2, 0.25) is 0 Å². The van der Waals surface area contributed by atoms with E-state index in [2.05, 4.69) is 5.43 Å². The summed E-state index contributed by atoms with van der Waals surface area (Å²) in [6.45, 7) is 0.223. The molecule has 0 saturated carbocycles. The van der Waals surface area contributed by atoms with Gasteiger partial charge in [-0.25, -0.2) is 8.78 Å². The van der Waals surface area contributed by atoms with E-state index in [-0.39, 0.29) is 12.3 Å². The van der Waals surface area contributed by atoms with Crippen LogP contribution in [0.15, 0.2) is 12.1 Å². The Morgan fingerprint density at radius 3 is 2.54 bits per heavy atom. The average Bonchev–Trinajstić information content (AvgIpc) is 2.11. The Labute approximate surface area is 74.5 Å². The van der Waals surface area contributed by atoms with Gasteiger partial charge in [-0.2, -0.15) is 0 Å². The highest BCUT2D eigenvalue weighted by atomic mass is 19.2. The first-order chi connectivity index (χ1) is 6.19. The molecule has 13 heavy (non-hydrogen) atoms. The number of rotatable bonds is 3. The Bertz CT molecular complexity index is 304. The second-order valence-electron chi connectivity index (χ2n) is 2.46. The van der Waals surface area contributed by atoms with Crippen molar-refractivity contribution in [3.63, 3.8) is 0 Å². The zero-order chi connectivity index (χ0) is 9.84. The van der Waals surface area contributed by atoms with Crippen LogP contribution in [0.1, 0.15) is 5.56 Å². The molecule has 0 bridgehead atoms. The third-order valence-corrected chi connectivity index (χ3v) is 1.62. The average molecular weight is 188 g/mol. The third kappa shape index (κ3) is 2.13. The summed E-state index contributed by atoms with van der Waals surface area (Å²) >= 11 is 0. The van der Waals surface area contributed by atoms with Crippen LogP contribution >= 0.6 is 0 Å². The summed E-state index contributed by atoms with van der Waals surface area (Å²) in [6.07, 6.45) is 0. The molecule has 5 heteroatoms. The molecule has 72 valence electrons. The SMILES string of the molecule is COc1cc(F)c(F)cc1CNN. The highest BCUT2D eigenvalue weighted by Gasteiger charge is 2.09. The Balaban J connectivity index is 3.09. The molecule has 0 radical (unpaired) electrons. The fraction of sp³-hybridized carbons (Fsp3) is 0.250. The van der Waals surface area contributed by atoms with Gasteiger partial charge in [0.25, 0.3) is 0 Å². The number of halogens is 2. The minimum Gasteiger partial charge on any atom is -0.496 e. The number of hydrogen-bond donors (Lipinski definition) is 2. The highest BCUT2D eigenvalue weighted by molar-refractivity contribution is 5.34. The summed E-state index contributed by atoms with van der Waals surface area (Å²) in [7, 11) is 1.38. The van der Waals surface area contributed by atoms with E-state index in [1.54, 1.807) is 0 Å². The van der Waals surface area contributed by atoms with E-state index in [4.69, 9.17) is 10.6 Å². The predicted molar refractivity (Wildman–Crippen MR) is 43.9 cm³/mol. The molecule has 1 aromatic rings. The van der Waals surface area contributed by atoms with Crippen molar-refractivity contribution in [1.82, 2.24) is 5.43 Å². The maximum absolute atomic E-state index is 12.7. The zero-order valence-corrected chi connectivity index (χ0v) is 7.10. The topological polar surface area (TPSA) is 47.3 Å². The van der Waals surface area contributed by atoms with Crippen LogP contribution in [0.4, 0.5) is 8.78 Å². The molecule has 0 aromatic heterocycles. The largest absolute Gasteiger partial charge is 0.496 e. The first kappa shape index (κ1) is 9.88. The van der Waals surface area contributed by atoms with Crippen molar-refractivity contribution in [2.24, 2.45) is 5.84 Å². The quantitative estimate of drug-likeness (QED) is 0.548. The smallest absolute Gasteiger partial charge is 0.162 e. The molecular formula is C8H10F2N2O. The van der Waals surface area contributed by atoms with Gasteiger partial charge in [-0.05, 0) is 6.07 Å². The standard InChI is InChI=1S/C8H10F2N2O/c1-13-8-3-7(10)6(9)2-5(8)4-12-11/h2-3,12H,4,11H2,1H3. The minimum absolute atomic E-state index is 0.223. The number of hydrogen-bond acceptors (Lipinski definition) is 3. The van der Waals surface area contributed by atoms with Gasteiger partial charge >= 0.3 is 0 Å². The molecule has 1 rings (SSSR count). The van der Waals surface area contributed by atoms with Crippen LogP contribution in [-0.4, -0.2) is 7.11 Å². The lowest BCUT2D eigenvalue weighted by atomic mass is 10.2. The lowest BCUT2D eigenvalue weighted by Crippen LogP contribution is -2.21. The lowest BCUT2D eigenvalue weighted by molar-refractivity contribution is 0.399. The monoisotopic (exact) mass is 188 g/mol. The van der Waals surface area contributed by atoms with Gasteiger partial charge in [-0.15, -0.1) is 0 Å². The maximum atomic E-state index is 12.7. The molecule has 3 N–H and O–H groups in total. The lowest BCUT2D eigenvalue weighted by Gasteiger charge is -2.07. The van der Waals surface area contributed by atoms with Crippen molar-refractivity contribution >= 4 is 0 Å². The second kappa shape index (κ2) is 4.15. The van der Waals surface area contributed by atoms with E-state index in [9.17, 15) is 8.78 Å². The summed E-state index contributed by atoms with van der Waals surface area (Å²) in [4.78, 5) is 0. The summed E-state index contributed by atoms with van der Waals surface area (Å²) in [5, 5.41) is 0. The van der Waals surface area contributed by atoms with Crippen molar-refractivity contribution < 1.29 is 13.5 Å². The fourth-order valence-electron chi connectivity index (χ4n) is 1.01. The van der Waals surface area contributed by atoms with Crippen molar-refractivity contribution in [3.8, 4) is 5.75 Å². The van der Waals surface area contributed by atoms with Gasteiger partial charge in [0.2, 0.25) is 0 Å². The van der Waals surface area contributed by atoms with Gasteiger partial charge in [0.1, 0.15) is 5.75 Å². The number of nitrogens with two attached hydrogens (primary N) is 1. The van der Waals surface area contributed by atoms with Gasteiger partial charge in [0.05, 0.1) is 7.11 Å². The number of ether oxygens (including phenoxy) is 1. The third-order valence-electron chi connectivity index (χ3n) is 1.62. The molecule has 0 atom stereocenters. The summed E-state index contributed by atoms with van der Waals surface area (Å²) in [5.41, 5.74) is 2.81. The number of nitrogens with one attached hydrogen (secondary N) is 1. The predicted octanol–water partition coefficient (Wildman–Crippen LogP) is 0.937. The number of benzene rings is 1. The van der Waals surface area contributed by atoms with Crippen LogP contribution in [-0.2, 0) is 6.54 Å². The first-order valence-electron chi connectivity index (χ1n) is 3.64. The van der Waals surface area contributed by atoms with Gasteiger partial charge in [-0.3, -0.25) is 11.3 Å². The molecule has 0 unspecified atom stereocenters. The maximum Gasteiger partial charge on any atom is 0.162 e. The summed E-state index contributed by atoms with van der Waals surface area (Å²) < 4.78 is 30.2. The second-order valence-corrected chi connectivity index (χ2v) is 2.46. The Kier molecular flexibility index (Phi) is 3.16. The van der Waals surface area contributed by atoms with Crippen LogP contribution < -0.4 is 16.0 Å². The molecule has 0 aliphatic heterocycles. The fourth-order valence-corrected chi connectivity index (χ4v) is 1.01. The van der Waals surface area contributed by atoms with E-state index in [0.717, 1.165) is 12.1 Å². The van der Waals surface area contributed by atoms with Crippen molar-refractivity contribution in [2.45, 2.75) is 6.54 Å². The van der Waals surface area contributed by atoms with E-state index in [0.29, 0.717) is 5.56 Å². The van der Waals surface area contributed by atoms with Gasteiger partial charge < -0.3 is 4.74 Å². The van der Waals surface area contributed by atoms with Crippen molar-refractivity contribution in [1.29, 1.82) is 0 Å².